The maximum Gasteiger partial charge on any atom is 0.274 e. The fraction of sp³-hybridized carbons (Fsp3) is 0. The van der Waals surface area contributed by atoms with Gasteiger partial charge in [0, 0.05) is 16.1 Å². The van der Waals surface area contributed by atoms with Gasteiger partial charge in [-0.3, -0.25) is 15.0 Å². The molecule has 5 nitrogen and oxygen atoms in total. The summed E-state index contributed by atoms with van der Waals surface area (Å²) in [4.78, 5) is 19.9. The minimum Gasteiger partial charge on any atom is -0.288 e. The third kappa shape index (κ3) is 2.61. The molecule has 22 heavy (non-hydrogen) atoms. The lowest BCUT2D eigenvalue weighted by Crippen LogP contribution is -2.18. The summed E-state index contributed by atoms with van der Waals surface area (Å²) in [6.45, 7) is 0. The van der Waals surface area contributed by atoms with E-state index in [1.165, 1.54) is 30.5 Å². The van der Waals surface area contributed by atoms with Crippen molar-refractivity contribution in [2.24, 2.45) is 0 Å². The number of nitrogens with zero attached hydrogens (tertiary/aromatic N) is 2. The first-order valence-electron chi connectivity index (χ1n) is 6.25. The Kier molecular flexibility index (Phi) is 3.70. The monoisotopic (exact) mass is 317 g/mol. The largest absolute Gasteiger partial charge is 0.288 e. The van der Waals surface area contributed by atoms with E-state index in [9.17, 15) is 9.18 Å². The van der Waals surface area contributed by atoms with Gasteiger partial charge in [0.25, 0.3) is 5.91 Å². The number of fused-ring (bicyclic) bond motifs is 1. The van der Waals surface area contributed by atoms with E-state index >= 15 is 0 Å². The summed E-state index contributed by atoms with van der Waals surface area (Å²) in [6.07, 6.45) is 1.44. The molecule has 2 aromatic carbocycles. The van der Waals surface area contributed by atoms with Crippen molar-refractivity contribution in [3.63, 3.8) is 0 Å². The standard InChI is InChI=1S/C15H9ClFN3O2/c16-9-2-3-10(11(17)6-9)14-7-18-12-4-1-8(15(21)20-22)5-13(12)19-14/h1-7,22H,(H,20,21). The van der Waals surface area contributed by atoms with Crippen molar-refractivity contribution in [1.29, 1.82) is 0 Å². The Bertz CT molecular complexity index is 886. The maximum atomic E-state index is 13.9. The van der Waals surface area contributed by atoms with E-state index in [2.05, 4.69) is 9.97 Å². The minimum atomic E-state index is -0.660. The zero-order valence-electron chi connectivity index (χ0n) is 11.0. The molecule has 3 rings (SSSR count). The molecule has 0 saturated heterocycles. The summed E-state index contributed by atoms with van der Waals surface area (Å²) < 4.78 is 13.9. The lowest BCUT2D eigenvalue weighted by Gasteiger charge is -2.05. The highest BCUT2D eigenvalue weighted by molar-refractivity contribution is 6.30. The van der Waals surface area contributed by atoms with Crippen LogP contribution in [-0.4, -0.2) is 21.1 Å². The second-order valence-electron chi connectivity index (χ2n) is 4.52. The molecule has 1 aromatic heterocycles. The summed E-state index contributed by atoms with van der Waals surface area (Å²) in [6, 6.07) is 8.82. The molecular weight excluding hydrogens is 309 g/mol. The average molecular weight is 318 g/mol. The number of hydrogen-bond acceptors (Lipinski definition) is 4. The number of hydrogen-bond donors (Lipinski definition) is 2. The van der Waals surface area contributed by atoms with Crippen LogP contribution < -0.4 is 5.48 Å². The van der Waals surface area contributed by atoms with E-state index < -0.39 is 11.7 Å². The van der Waals surface area contributed by atoms with Crippen LogP contribution in [-0.2, 0) is 0 Å². The van der Waals surface area contributed by atoms with Gasteiger partial charge >= 0.3 is 0 Å². The van der Waals surface area contributed by atoms with Crippen LogP contribution in [0.1, 0.15) is 10.4 Å². The highest BCUT2D eigenvalue weighted by Gasteiger charge is 2.10. The van der Waals surface area contributed by atoms with Crippen LogP contribution >= 0.6 is 11.6 Å². The Hall–Kier alpha value is -2.57. The summed E-state index contributed by atoms with van der Waals surface area (Å²) in [5.41, 5.74) is 3.31. The third-order valence-electron chi connectivity index (χ3n) is 3.11. The second-order valence-corrected chi connectivity index (χ2v) is 4.96. The molecule has 110 valence electrons. The van der Waals surface area contributed by atoms with E-state index in [0.29, 0.717) is 16.7 Å². The van der Waals surface area contributed by atoms with Crippen molar-refractivity contribution < 1.29 is 14.4 Å². The molecule has 7 heteroatoms. The highest BCUT2D eigenvalue weighted by Crippen LogP contribution is 2.25. The summed E-state index contributed by atoms with van der Waals surface area (Å²) >= 11 is 5.73. The van der Waals surface area contributed by atoms with E-state index in [1.807, 2.05) is 0 Å². The van der Waals surface area contributed by atoms with Gasteiger partial charge in [-0.1, -0.05) is 11.6 Å². The Labute approximate surface area is 129 Å². The van der Waals surface area contributed by atoms with Crippen molar-refractivity contribution in [3.05, 3.63) is 59.0 Å². The summed E-state index contributed by atoms with van der Waals surface area (Å²) in [5, 5.41) is 8.95. The fourth-order valence-electron chi connectivity index (χ4n) is 2.04. The van der Waals surface area contributed by atoms with Gasteiger partial charge in [0.05, 0.1) is 22.9 Å². The molecule has 0 saturated carbocycles. The molecule has 0 spiro atoms. The Balaban J connectivity index is 2.13. The lowest BCUT2D eigenvalue weighted by molar-refractivity contribution is 0.0706. The van der Waals surface area contributed by atoms with Crippen molar-refractivity contribution in [2.75, 3.05) is 0 Å². The van der Waals surface area contributed by atoms with Gasteiger partial charge in [0.1, 0.15) is 5.82 Å². The Morgan fingerprint density at radius 1 is 1.18 bits per heavy atom. The van der Waals surface area contributed by atoms with Gasteiger partial charge in [-0.15, -0.1) is 0 Å². The fourth-order valence-corrected chi connectivity index (χ4v) is 2.20. The Morgan fingerprint density at radius 2 is 2.00 bits per heavy atom. The molecule has 0 bridgehead atoms. The van der Waals surface area contributed by atoms with Gasteiger partial charge in [0.2, 0.25) is 0 Å². The molecule has 0 unspecified atom stereocenters. The molecule has 0 aliphatic rings. The predicted molar refractivity (Wildman–Crippen MR) is 79.2 cm³/mol. The smallest absolute Gasteiger partial charge is 0.274 e. The van der Waals surface area contributed by atoms with Crippen LogP contribution in [0.5, 0.6) is 0 Å². The van der Waals surface area contributed by atoms with Crippen molar-refractivity contribution in [1.82, 2.24) is 15.4 Å². The van der Waals surface area contributed by atoms with Gasteiger partial charge in [-0.2, -0.15) is 0 Å². The molecule has 0 fully saturated rings. The zero-order chi connectivity index (χ0) is 15.7. The van der Waals surface area contributed by atoms with Crippen LogP contribution in [0.2, 0.25) is 5.02 Å². The first-order valence-corrected chi connectivity index (χ1v) is 6.63. The van der Waals surface area contributed by atoms with Crippen LogP contribution in [0.25, 0.3) is 22.3 Å². The first-order chi connectivity index (χ1) is 10.6. The summed E-state index contributed by atoms with van der Waals surface area (Å²) in [7, 11) is 0. The SMILES string of the molecule is O=C(NO)c1ccc2ncc(-c3ccc(Cl)cc3F)nc2c1. The van der Waals surface area contributed by atoms with Crippen LogP contribution in [0.4, 0.5) is 4.39 Å². The third-order valence-corrected chi connectivity index (χ3v) is 3.35. The molecule has 0 radical (unpaired) electrons. The number of carbonyl (C=O) groups is 1. The molecular formula is C15H9ClFN3O2. The molecule has 0 atom stereocenters. The summed E-state index contributed by atoms with van der Waals surface area (Å²) in [5.74, 6) is -1.17. The number of nitrogens with one attached hydrogen (secondary N) is 1. The number of carbonyl (C=O) groups excluding carboxylic acids is 1. The van der Waals surface area contributed by atoms with Crippen molar-refractivity contribution in [3.8, 4) is 11.3 Å². The van der Waals surface area contributed by atoms with Gasteiger partial charge in [-0.25, -0.2) is 14.9 Å². The number of aromatic nitrogens is 2. The van der Waals surface area contributed by atoms with E-state index in [-0.39, 0.29) is 16.1 Å². The van der Waals surface area contributed by atoms with Crippen molar-refractivity contribution in [2.45, 2.75) is 0 Å². The van der Waals surface area contributed by atoms with Crippen LogP contribution in [0.15, 0.2) is 42.6 Å². The minimum absolute atomic E-state index is 0.220. The molecule has 2 N–H and O–H groups in total. The predicted octanol–water partition coefficient (Wildman–Crippen LogP) is 3.21. The maximum absolute atomic E-state index is 13.9. The average Bonchev–Trinajstić information content (AvgIpc) is 2.53. The number of rotatable bonds is 2. The van der Waals surface area contributed by atoms with Crippen molar-refractivity contribution >= 4 is 28.5 Å². The first kappa shape index (κ1) is 14.4. The van der Waals surface area contributed by atoms with E-state index in [1.54, 1.807) is 17.6 Å². The normalized spacial score (nSPS) is 10.7. The van der Waals surface area contributed by atoms with E-state index in [0.717, 1.165) is 0 Å². The molecule has 0 aliphatic heterocycles. The van der Waals surface area contributed by atoms with Crippen LogP contribution in [0.3, 0.4) is 0 Å². The highest BCUT2D eigenvalue weighted by atomic mass is 35.5. The van der Waals surface area contributed by atoms with Gasteiger partial charge < -0.3 is 0 Å². The quantitative estimate of drug-likeness (QED) is 0.562. The number of halogens is 2. The zero-order valence-corrected chi connectivity index (χ0v) is 11.8. The molecule has 3 aromatic rings. The van der Waals surface area contributed by atoms with Crippen LogP contribution in [0, 0.1) is 5.82 Å². The number of hydroxylamine groups is 1. The topological polar surface area (TPSA) is 75.1 Å². The van der Waals surface area contributed by atoms with Gasteiger partial charge in [0.15, 0.2) is 0 Å². The lowest BCUT2D eigenvalue weighted by atomic mass is 10.1. The molecule has 1 amide bonds. The van der Waals surface area contributed by atoms with Gasteiger partial charge in [-0.05, 0) is 36.4 Å². The second kappa shape index (κ2) is 5.67. The number of benzene rings is 2. The molecule has 1 heterocycles. The van der Waals surface area contributed by atoms with E-state index in [4.69, 9.17) is 16.8 Å². The Morgan fingerprint density at radius 3 is 2.73 bits per heavy atom. The number of amides is 1. The molecule has 0 aliphatic carbocycles.